The molecule has 1 aromatic heterocycles. The van der Waals surface area contributed by atoms with E-state index in [1.54, 1.807) is 40.1 Å². The summed E-state index contributed by atoms with van der Waals surface area (Å²) in [5.74, 6) is -0.487. The van der Waals surface area contributed by atoms with Gasteiger partial charge in [0.05, 0.1) is 12.0 Å². The predicted octanol–water partition coefficient (Wildman–Crippen LogP) is 1.90. The number of nitrogens with zero attached hydrogens (tertiary/aromatic N) is 3. The summed E-state index contributed by atoms with van der Waals surface area (Å²) in [4.78, 5) is 33.5. The highest BCUT2D eigenvalue weighted by molar-refractivity contribution is 6.04. The number of oxime groups is 1. The van der Waals surface area contributed by atoms with E-state index in [0.29, 0.717) is 37.5 Å². The van der Waals surface area contributed by atoms with E-state index in [2.05, 4.69) is 5.16 Å². The molecule has 1 atom stereocenters. The second kappa shape index (κ2) is 7.22. The molecule has 1 fully saturated rings. The molecule has 0 aliphatic carbocycles. The van der Waals surface area contributed by atoms with Crippen LogP contribution in [0.3, 0.4) is 0 Å². The first kappa shape index (κ1) is 17.3. The molecule has 2 aliphatic heterocycles. The van der Waals surface area contributed by atoms with Gasteiger partial charge in [-0.25, -0.2) is 4.39 Å². The number of furan rings is 1. The average molecular weight is 371 g/mol. The van der Waals surface area contributed by atoms with E-state index in [1.165, 1.54) is 12.3 Å². The van der Waals surface area contributed by atoms with Crippen molar-refractivity contribution >= 4 is 17.5 Å². The monoisotopic (exact) mass is 371 g/mol. The van der Waals surface area contributed by atoms with Crippen molar-refractivity contribution < 1.29 is 23.2 Å². The van der Waals surface area contributed by atoms with Crippen molar-refractivity contribution in [3.63, 3.8) is 0 Å². The number of piperazine rings is 1. The van der Waals surface area contributed by atoms with Crippen molar-refractivity contribution in [2.24, 2.45) is 5.16 Å². The first-order valence-electron chi connectivity index (χ1n) is 8.72. The van der Waals surface area contributed by atoms with Gasteiger partial charge in [-0.2, -0.15) is 0 Å². The Morgan fingerprint density at radius 2 is 1.78 bits per heavy atom. The average Bonchev–Trinajstić information content (AvgIpc) is 3.39. The molecule has 8 heteroatoms. The molecule has 0 unspecified atom stereocenters. The maximum atomic E-state index is 13.9. The summed E-state index contributed by atoms with van der Waals surface area (Å²) in [6, 6.07) is 9.56. The van der Waals surface area contributed by atoms with E-state index in [4.69, 9.17) is 9.25 Å². The summed E-state index contributed by atoms with van der Waals surface area (Å²) in [5.41, 5.74) is 0.778. The summed E-state index contributed by atoms with van der Waals surface area (Å²) >= 11 is 0. The summed E-state index contributed by atoms with van der Waals surface area (Å²) in [6.07, 6.45) is 0.926. The Balaban J connectivity index is 1.33. The molecule has 2 aliphatic rings. The second-order valence-electron chi connectivity index (χ2n) is 6.41. The Bertz CT molecular complexity index is 873. The minimum atomic E-state index is -0.757. The molecule has 3 heterocycles. The number of carbonyl (C=O) groups is 2. The molecule has 2 aromatic rings. The SMILES string of the molecule is O=C(c1ccco1)N1CCN(C(=O)[C@H]2CC(c3ccccc3F)=NO2)CC1. The number of halogens is 1. The van der Waals surface area contributed by atoms with Crippen LogP contribution in [0.5, 0.6) is 0 Å². The van der Waals surface area contributed by atoms with Crippen molar-refractivity contribution in [3.05, 3.63) is 59.8 Å². The van der Waals surface area contributed by atoms with Gasteiger partial charge in [-0.1, -0.05) is 23.4 Å². The molecule has 0 N–H and O–H groups in total. The molecule has 7 nitrogen and oxygen atoms in total. The normalized spacial score (nSPS) is 19.6. The zero-order valence-electron chi connectivity index (χ0n) is 14.5. The van der Waals surface area contributed by atoms with E-state index in [1.807, 2.05) is 0 Å². The van der Waals surface area contributed by atoms with Crippen LogP contribution in [0.25, 0.3) is 0 Å². The Labute approximate surface area is 155 Å². The van der Waals surface area contributed by atoms with Crippen molar-refractivity contribution in [2.75, 3.05) is 26.2 Å². The molecule has 1 aromatic carbocycles. The third-order valence-electron chi connectivity index (χ3n) is 4.74. The molecule has 1 saturated heterocycles. The lowest BCUT2D eigenvalue weighted by atomic mass is 10.0. The van der Waals surface area contributed by atoms with Gasteiger partial charge in [-0.05, 0) is 18.2 Å². The number of hydrogen-bond donors (Lipinski definition) is 0. The van der Waals surface area contributed by atoms with E-state index < -0.39 is 11.9 Å². The van der Waals surface area contributed by atoms with Gasteiger partial charge >= 0.3 is 0 Å². The first-order chi connectivity index (χ1) is 13.1. The molecule has 140 valence electrons. The first-order valence-corrected chi connectivity index (χ1v) is 8.72. The highest BCUT2D eigenvalue weighted by Crippen LogP contribution is 2.21. The minimum Gasteiger partial charge on any atom is -0.459 e. The fourth-order valence-electron chi connectivity index (χ4n) is 3.25. The number of rotatable bonds is 3. The maximum absolute atomic E-state index is 13.9. The quantitative estimate of drug-likeness (QED) is 0.826. The number of benzene rings is 1. The fraction of sp³-hybridized carbons (Fsp3) is 0.316. The van der Waals surface area contributed by atoms with Crippen molar-refractivity contribution in [1.82, 2.24) is 9.80 Å². The van der Waals surface area contributed by atoms with E-state index >= 15 is 0 Å². The Morgan fingerprint density at radius 1 is 1.04 bits per heavy atom. The van der Waals surface area contributed by atoms with E-state index in [9.17, 15) is 14.0 Å². The van der Waals surface area contributed by atoms with Crippen LogP contribution in [-0.4, -0.2) is 59.6 Å². The molecule has 0 saturated carbocycles. The van der Waals surface area contributed by atoms with Gasteiger partial charge in [0, 0.05) is 38.2 Å². The fourth-order valence-corrected chi connectivity index (χ4v) is 3.25. The van der Waals surface area contributed by atoms with Crippen molar-refractivity contribution in [1.29, 1.82) is 0 Å². The van der Waals surface area contributed by atoms with Crippen molar-refractivity contribution in [2.45, 2.75) is 12.5 Å². The Hall–Kier alpha value is -3.16. The van der Waals surface area contributed by atoms with Crippen LogP contribution in [0.15, 0.2) is 52.2 Å². The van der Waals surface area contributed by atoms with Crippen LogP contribution in [0, 0.1) is 5.82 Å². The summed E-state index contributed by atoms with van der Waals surface area (Å²) in [7, 11) is 0. The van der Waals surface area contributed by atoms with Gasteiger partial charge in [0.15, 0.2) is 5.76 Å². The predicted molar refractivity (Wildman–Crippen MR) is 93.6 cm³/mol. The van der Waals surface area contributed by atoms with Gasteiger partial charge in [-0.3, -0.25) is 9.59 Å². The number of hydrogen-bond acceptors (Lipinski definition) is 5. The Kier molecular flexibility index (Phi) is 4.62. The second-order valence-corrected chi connectivity index (χ2v) is 6.41. The maximum Gasteiger partial charge on any atom is 0.289 e. The molecule has 4 rings (SSSR count). The van der Waals surface area contributed by atoms with Gasteiger partial charge in [0.2, 0.25) is 6.10 Å². The number of amides is 2. The lowest BCUT2D eigenvalue weighted by Crippen LogP contribution is -2.52. The van der Waals surface area contributed by atoms with E-state index in [-0.39, 0.29) is 24.0 Å². The zero-order valence-corrected chi connectivity index (χ0v) is 14.5. The van der Waals surface area contributed by atoms with Crippen LogP contribution < -0.4 is 0 Å². The third-order valence-corrected chi connectivity index (χ3v) is 4.74. The highest BCUT2D eigenvalue weighted by atomic mass is 19.1. The standard InChI is InChI=1S/C19H18FN3O4/c20-14-5-2-1-4-13(14)15-12-17(27-21-15)19(25)23-9-7-22(8-10-23)18(24)16-6-3-11-26-16/h1-6,11,17H,7-10,12H2/t17-/m1/s1. The van der Waals surface area contributed by atoms with Crippen molar-refractivity contribution in [3.8, 4) is 0 Å². The van der Waals surface area contributed by atoms with Gasteiger partial charge in [0.1, 0.15) is 5.82 Å². The largest absolute Gasteiger partial charge is 0.459 e. The van der Waals surface area contributed by atoms with Crippen LogP contribution in [0.2, 0.25) is 0 Å². The highest BCUT2D eigenvalue weighted by Gasteiger charge is 2.35. The van der Waals surface area contributed by atoms with Crippen LogP contribution >= 0.6 is 0 Å². The molecule has 2 amide bonds. The summed E-state index contributed by atoms with van der Waals surface area (Å²) in [6.45, 7) is 1.64. The molecule has 27 heavy (non-hydrogen) atoms. The van der Waals surface area contributed by atoms with Crippen LogP contribution in [0.1, 0.15) is 22.5 Å². The number of carbonyl (C=O) groups excluding carboxylic acids is 2. The topological polar surface area (TPSA) is 75.4 Å². The van der Waals surface area contributed by atoms with Gasteiger partial charge in [0.25, 0.3) is 11.8 Å². The third kappa shape index (κ3) is 3.42. The molecule has 0 spiro atoms. The smallest absolute Gasteiger partial charge is 0.289 e. The lowest BCUT2D eigenvalue weighted by molar-refractivity contribution is -0.143. The molecular formula is C19H18FN3O4. The molecule has 0 radical (unpaired) electrons. The van der Waals surface area contributed by atoms with Gasteiger partial charge in [-0.15, -0.1) is 0 Å². The van der Waals surface area contributed by atoms with E-state index in [0.717, 1.165) is 0 Å². The van der Waals surface area contributed by atoms with Crippen LogP contribution in [0.4, 0.5) is 4.39 Å². The lowest BCUT2D eigenvalue weighted by Gasteiger charge is -2.35. The van der Waals surface area contributed by atoms with Gasteiger partial charge < -0.3 is 19.1 Å². The molecule has 0 bridgehead atoms. The summed E-state index contributed by atoms with van der Waals surface area (Å²) in [5, 5.41) is 3.89. The minimum absolute atomic E-state index is 0.186. The zero-order chi connectivity index (χ0) is 18.8. The molecular weight excluding hydrogens is 353 g/mol. The van der Waals surface area contributed by atoms with Crippen LogP contribution in [-0.2, 0) is 9.63 Å². The summed E-state index contributed by atoms with van der Waals surface area (Å²) < 4.78 is 19.0. The Morgan fingerprint density at radius 3 is 2.48 bits per heavy atom.